The molecule has 0 spiro atoms. The molecule has 0 aromatic heterocycles. The van der Waals surface area contributed by atoms with Gasteiger partial charge >= 0.3 is 5.97 Å². The molecule has 0 aromatic rings. The number of unbranched alkanes of at least 4 members (excludes halogenated alkanes) is 35. The van der Waals surface area contributed by atoms with Crippen molar-refractivity contribution in [2.24, 2.45) is 0 Å². The van der Waals surface area contributed by atoms with Crippen molar-refractivity contribution in [2.75, 3.05) is 13.2 Å². The molecule has 0 fully saturated rings. The van der Waals surface area contributed by atoms with Crippen LogP contribution >= 0.6 is 0 Å². The number of rotatable bonds is 52. The van der Waals surface area contributed by atoms with Gasteiger partial charge in [0.1, 0.15) is 0 Å². The standard InChI is InChI=1S/C59H109NO5/c1-3-5-7-9-11-13-32-37-41-45-49-53-59(64)65-54-50-46-42-38-34-31-29-27-25-23-21-19-17-15-16-18-20-22-24-26-28-30-33-36-40-44-48-52-58(63)60-56(55-61)57(62)51-47-43-39-35-14-12-10-8-6-4-2/h9,11,15-16,19,21,47,51,56-57,61-62H,3-8,10,12-14,17-18,20,22-46,48-50,52-55H2,1-2H3,(H,60,63)/b11-9-,16-15-,21-19-,51-47+. The molecule has 6 heteroatoms. The number of nitrogens with one attached hydrogen (secondary N) is 1. The lowest BCUT2D eigenvalue weighted by Crippen LogP contribution is -2.45. The maximum atomic E-state index is 12.4. The molecular formula is C59H109NO5. The quantitative estimate of drug-likeness (QED) is 0.0321. The maximum absolute atomic E-state index is 12.4. The van der Waals surface area contributed by atoms with Gasteiger partial charge in [-0.15, -0.1) is 0 Å². The molecule has 6 nitrogen and oxygen atoms in total. The van der Waals surface area contributed by atoms with Crippen LogP contribution in [0, 0.1) is 0 Å². The third-order valence-electron chi connectivity index (χ3n) is 12.8. The van der Waals surface area contributed by atoms with E-state index in [1.165, 1.54) is 212 Å². The normalized spacial score (nSPS) is 13.0. The number of carbonyl (C=O) groups is 2. The van der Waals surface area contributed by atoms with Crippen LogP contribution in [0.5, 0.6) is 0 Å². The summed E-state index contributed by atoms with van der Waals surface area (Å²) in [4.78, 5) is 24.4. The zero-order chi connectivity index (χ0) is 47.2. The van der Waals surface area contributed by atoms with Gasteiger partial charge in [-0.2, -0.15) is 0 Å². The monoisotopic (exact) mass is 912 g/mol. The van der Waals surface area contributed by atoms with E-state index in [9.17, 15) is 19.8 Å². The van der Waals surface area contributed by atoms with Gasteiger partial charge in [0.15, 0.2) is 0 Å². The molecule has 0 aliphatic rings. The first kappa shape index (κ1) is 62.8. The van der Waals surface area contributed by atoms with Crippen molar-refractivity contribution in [2.45, 2.75) is 302 Å². The van der Waals surface area contributed by atoms with Crippen molar-refractivity contribution in [1.82, 2.24) is 5.32 Å². The number of carbonyl (C=O) groups excluding carboxylic acids is 2. The Morgan fingerprint density at radius 1 is 0.431 bits per heavy atom. The van der Waals surface area contributed by atoms with Crippen LogP contribution in [0.1, 0.15) is 290 Å². The van der Waals surface area contributed by atoms with Gasteiger partial charge < -0.3 is 20.3 Å². The van der Waals surface area contributed by atoms with Gasteiger partial charge in [0.2, 0.25) is 5.91 Å². The predicted molar refractivity (Wildman–Crippen MR) is 282 cm³/mol. The molecule has 380 valence electrons. The van der Waals surface area contributed by atoms with Crippen molar-refractivity contribution in [1.29, 1.82) is 0 Å². The van der Waals surface area contributed by atoms with Gasteiger partial charge in [0.25, 0.3) is 0 Å². The van der Waals surface area contributed by atoms with Gasteiger partial charge in [-0.05, 0) is 83.5 Å². The van der Waals surface area contributed by atoms with Gasteiger partial charge in [0, 0.05) is 12.8 Å². The number of hydrogen-bond donors (Lipinski definition) is 3. The number of aliphatic hydroxyl groups is 2. The summed E-state index contributed by atoms with van der Waals surface area (Å²) in [7, 11) is 0. The van der Waals surface area contributed by atoms with Gasteiger partial charge in [0.05, 0.1) is 25.4 Å². The average Bonchev–Trinajstić information content (AvgIpc) is 3.31. The highest BCUT2D eigenvalue weighted by Gasteiger charge is 2.18. The Kier molecular flexibility index (Phi) is 52.6. The van der Waals surface area contributed by atoms with E-state index >= 15 is 0 Å². The number of esters is 1. The Bertz CT molecular complexity index is 1100. The lowest BCUT2D eigenvalue weighted by atomic mass is 10.0. The second-order valence-corrected chi connectivity index (χ2v) is 19.3. The number of aliphatic hydroxyl groups excluding tert-OH is 2. The first-order chi connectivity index (χ1) is 32.0. The summed E-state index contributed by atoms with van der Waals surface area (Å²) in [5.74, 6) is -0.0754. The number of amides is 1. The van der Waals surface area contributed by atoms with Crippen molar-refractivity contribution in [3.8, 4) is 0 Å². The molecule has 0 rings (SSSR count). The van der Waals surface area contributed by atoms with E-state index < -0.39 is 12.1 Å². The Morgan fingerprint density at radius 2 is 0.785 bits per heavy atom. The summed E-state index contributed by atoms with van der Waals surface area (Å²) >= 11 is 0. The van der Waals surface area contributed by atoms with E-state index in [1.54, 1.807) is 6.08 Å². The molecule has 0 radical (unpaired) electrons. The predicted octanol–water partition coefficient (Wildman–Crippen LogP) is 17.4. The minimum atomic E-state index is -0.845. The lowest BCUT2D eigenvalue weighted by molar-refractivity contribution is -0.143. The molecule has 2 unspecified atom stereocenters. The molecule has 3 N–H and O–H groups in total. The first-order valence-electron chi connectivity index (χ1n) is 28.4. The molecule has 0 heterocycles. The molecule has 65 heavy (non-hydrogen) atoms. The fourth-order valence-electron chi connectivity index (χ4n) is 8.41. The van der Waals surface area contributed by atoms with Gasteiger partial charge in [-0.25, -0.2) is 0 Å². The van der Waals surface area contributed by atoms with Crippen LogP contribution in [0.2, 0.25) is 0 Å². The van der Waals surface area contributed by atoms with Crippen LogP contribution in [-0.4, -0.2) is 47.4 Å². The second-order valence-electron chi connectivity index (χ2n) is 19.3. The van der Waals surface area contributed by atoms with Crippen LogP contribution in [-0.2, 0) is 14.3 Å². The molecule has 0 bridgehead atoms. The minimum absolute atomic E-state index is 0.00168. The van der Waals surface area contributed by atoms with Crippen molar-refractivity contribution in [3.63, 3.8) is 0 Å². The molecule has 0 aliphatic carbocycles. The Balaban J connectivity index is 3.43. The third-order valence-corrected chi connectivity index (χ3v) is 12.8. The Hall–Kier alpha value is -2.18. The average molecular weight is 913 g/mol. The summed E-state index contributed by atoms with van der Waals surface area (Å²) in [6.07, 6.45) is 68.6. The summed E-state index contributed by atoms with van der Waals surface area (Å²) in [6.45, 7) is 4.84. The van der Waals surface area contributed by atoms with Crippen LogP contribution in [0.15, 0.2) is 48.6 Å². The Labute approximate surface area is 404 Å². The highest BCUT2D eigenvalue weighted by molar-refractivity contribution is 5.76. The highest BCUT2D eigenvalue weighted by Crippen LogP contribution is 2.15. The summed E-state index contributed by atoms with van der Waals surface area (Å²) < 4.78 is 5.45. The van der Waals surface area contributed by atoms with Gasteiger partial charge in [-0.1, -0.05) is 242 Å². The van der Waals surface area contributed by atoms with E-state index in [1.807, 2.05) is 6.08 Å². The molecule has 1 amide bonds. The van der Waals surface area contributed by atoms with Crippen LogP contribution < -0.4 is 5.32 Å². The zero-order valence-corrected chi connectivity index (χ0v) is 43.2. The topological polar surface area (TPSA) is 95.9 Å². The highest BCUT2D eigenvalue weighted by atomic mass is 16.5. The number of allylic oxidation sites excluding steroid dienone is 7. The SMILES string of the molecule is CCCC/C=C\CCCCCCCC(=O)OCCCCCCCCCCC/C=C\C/C=C\CCCCCCCCCCCCCC(=O)NC(CO)C(O)/C=C/CCCCCCCCCC. The largest absolute Gasteiger partial charge is 0.466 e. The van der Waals surface area contributed by atoms with E-state index in [-0.39, 0.29) is 18.5 Å². The van der Waals surface area contributed by atoms with Crippen molar-refractivity contribution >= 4 is 11.9 Å². The molecule has 2 atom stereocenters. The second kappa shape index (κ2) is 54.4. The minimum Gasteiger partial charge on any atom is -0.466 e. The van der Waals surface area contributed by atoms with E-state index in [4.69, 9.17) is 4.74 Å². The van der Waals surface area contributed by atoms with Gasteiger partial charge in [-0.3, -0.25) is 9.59 Å². The van der Waals surface area contributed by atoms with Crippen molar-refractivity contribution < 1.29 is 24.5 Å². The molecular weight excluding hydrogens is 803 g/mol. The lowest BCUT2D eigenvalue weighted by Gasteiger charge is -2.20. The van der Waals surface area contributed by atoms with Crippen molar-refractivity contribution in [3.05, 3.63) is 48.6 Å². The van der Waals surface area contributed by atoms with Crippen LogP contribution in [0.4, 0.5) is 0 Å². The first-order valence-corrected chi connectivity index (χ1v) is 28.4. The van der Waals surface area contributed by atoms with E-state index in [0.717, 1.165) is 51.4 Å². The van der Waals surface area contributed by atoms with Crippen LogP contribution in [0.3, 0.4) is 0 Å². The summed E-state index contributed by atoms with van der Waals surface area (Å²) in [5.41, 5.74) is 0. The molecule has 0 aliphatic heterocycles. The summed E-state index contributed by atoms with van der Waals surface area (Å²) in [6, 6.07) is -0.629. The summed E-state index contributed by atoms with van der Waals surface area (Å²) in [5, 5.41) is 23.0. The zero-order valence-electron chi connectivity index (χ0n) is 43.2. The molecule has 0 aromatic carbocycles. The fourth-order valence-corrected chi connectivity index (χ4v) is 8.41. The maximum Gasteiger partial charge on any atom is 0.305 e. The van der Waals surface area contributed by atoms with E-state index in [2.05, 4.69) is 55.6 Å². The third kappa shape index (κ3) is 51.1. The van der Waals surface area contributed by atoms with E-state index in [0.29, 0.717) is 19.4 Å². The number of hydrogen-bond acceptors (Lipinski definition) is 5. The molecule has 0 saturated carbocycles. The smallest absolute Gasteiger partial charge is 0.305 e. The molecule has 0 saturated heterocycles. The fraction of sp³-hybridized carbons (Fsp3) is 0.831. The Morgan fingerprint density at radius 3 is 1.23 bits per heavy atom. The number of ether oxygens (including phenoxy) is 1. The van der Waals surface area contributed by atoms with Crippen LogP contribution in [0.25, 0.3) is 0 Å².